The monoisotopic (exact) mass is 392 g/mol. The summed E-state index contributed by atoms with van der Waals surface area (Å²) >= 11 is 0. The summed E-state index contributed by atoms with van der Waals surface area (Å²) in [5.74, 6) is -0.257. The van der Waals surface area contributed by atoms with E-state index < -0.39 is 4.92 Å². The number of carbonyl (C=O) groups excluding carboxylic acids is 1. The molecule has 0 N–H and O–H groups in total. The maximum Gasteiger partial charge on any atom is 0.311 e. The molecule has 1 fully saturated rings. The average Bonchev–Trinajstić information content (AvgIpc) is 2.77. The second-order valence-corrected chi connectivity index (χ2v) is 6.47. The summed E-state index contributed by atoms with van der Waals surface area (Å²) < 4.78 is 4.97. The molecular formula is C21H20N4O4. The zero-order valence-electron chi connectivity index (χ0n) is 15.9. The molecule has 0 unspecified atom stereocenters. The number of nitro groups is 1. The molecule has 0 aromatic heterocycles. The third-order valence-electron chi connectivity index (χ3n) is 4.75. The molecule has 3 rings (SSSR count). The third kappa shape index (κ3) is 4.52. The van der Waals surface area contributed by atoms with Crippen LogP contribution < -0.4 is 9.64 Å². The number of piperazine rings is 1. The van der Waals surface area contributed by atoms with E-state index >= 15 is 0 Å². The van der Waals surface area contributed by atoms with E-state index in [9.17, 15) is 20.2 Å². The van der Waals surface area contributed by atoms with Gasteiger partial charge in [0.1, 0.15) is 11.6 Å². The number of rotatable bonds is 5. The Morgan fingerprint density at radius 1 is 1.17 bits per heavy atom. The van der Waals surface area contributed by atoms with Gasteiger partial charge in [-0.25, -0.2) is 0 Å². The van der Waals surface area contributed by atoms with Crippen LogP contribution >= 0.6 is 0 Å². The number of benzene rings is 2. The minimum atomic E-state index is -0.563. The molecule has 0 aliphatic carbocycles. The molecule has 2 aromatic carbocycles. The van der Waals surface area contributed by atoms with E-state index in [2.05, 4.69) is 4.90 Å². The maximum absolute atomic E-state index is 12.8. The van der Waals surface area contributed by atoms with E-state index in [1.54, 1.807) is 11.0 Å². The van der Waals surface area contributed by atoms with Crippen LogP contribution in [0.15, 0.2) is 54.1 Å². The summed E-state index contributed by atoms with van der Waals surface area (Å²) in [6, 6.07) is 16.2. The molecule has 0 saturated carbocycles. The van der Waals surface area contributed by atoms with Gasteiger partial charge in [-0.1, -0.05) is 24.3 Å². The first-order chi connectivity index (χ1) is 14.0. The Hall–Kier alpha value is -3.86. The van der Waals surface area contributed by atoms with Crippen molar-refractivity contribution in [2.45, 2.75) is 0 Å². The SMILES string of the molecule is COc1ccc(/C=C(/C#N)C(=O)N2CCN(c3ccccc3)CC2)cc1[N+](=O)[O-]. The Balaban J connectivity index is 1.74. The van der Waals surface area contributed by atoms with Crippen LogP contribution in [-0.2, 0) is 4.79 Å². The number of nitriles is 1. The zero-order chi connectivity index (χ0) is 20.8. The Labute approximate surface area is 168 Å². The Bertz CT molecular complexity index is 974. The van der Waals surface area contributed by atoms with E-state index in [-0.39, 0.29) is 22.9 Å². The van der Waals surface area contributed by atoms with Crippen molar-refractivity contribution in [2.24, 2.45) is 0 Å². The van der Waals surface area contributed by atoms with Crippen molar-refractivity contribution < 1.29 is 14.5 Å². The predicted octanol–water partition coefficient (Wildman–Crippen LogP) is 2.86. The van der Waals surface area contributed by atoms with Crippen molar-refractivity contribution in [1.82, 2.24) is 4.90 Å². The number of nitro benzene ring substituents is 1. The van der Waals surface area contributed by atoms with Crippen LogP contribution in [0.3, 0.4) is 0 Å². The number of nitrogens with zero attached hydrogens (tertiary/aromatic N) is 4. The highest BCUT2D eigenvalue weighted by Gasteiger charge is 2.24. The van der Waals surface area contributed by atoms with Crippen LogP contribution in [-0.4, -0.2) is 49.0 Å². The highest BCUT2D eigenvalue weighted by atomic mass is 16.6. The summed E-state index contributed by atoms with van der Waals surface area (Å²) in [6.07, 6.45) is 1.37. The number of amides is 1. The number of hydrogen-bond acceptors (Lipinski definition) is 6. The Morgan fingerprint density at radius 2 is 1.86 bits per heavy atom. The lowest BCUT2D eigenvalue weighted by molar-refractivity contribution is -0.385. The lowest BCUT2D eigenvalue weighted by atomic mass is 10.1. The van der Waals surface area contributed by atoms with Crippen LogP contribution in [0.4, 0.5) is 11.4 Å². The van der Waals surface area contributed by atoms with Crippen LogP contribution in [0.25, 0.3) is 6.08 Å². The lowest BCUT2D eigenvalue weighted by Crippen LogP contribution is -2.49. The van der Waals surface area contributed by atoms with E-state index in [4.69, 9.17) is 4.74 Å². The van der Waals surface area contributed by atoms with Crippen molar-refractivity contribution in [2.75, 3.05) is 38.2 Å². The number of para-hydroxylation sites is 1. The van der Waals surface area contributed by atoms with E-state index in [1.807, 2.05) is 36.4 Å². The molecule has 0 radical (unpaired) electrons. The van der Waals surface area contributed by atoms with Crippen LogP contribution in [0.1, 0.15) is 5.56 Å². The smallest absolute Gasteiger partial charge is 0.311 e. The van der Waals surface area contributed by atoms with Gasteiger partial charge in [0.25, 0.3) is 5.91 Å². The van der Waals surface area contributed by atoms with E-state index in [0.29, 0.717) is 31.7 Å². The minimum Gasteiger partial charge on any atom is -0.490 e. The first-order valence-corrected chi connectivity index (χ1v) is 9.07. The third-order valence-corrected chi connectivity index (χ3v) is 4.75. The van der Waals surface area contributed by atoms with Crippen LogP contribution in [0.2, 0.25) is 0 Å². The fourth-order valence-corrected chi connectivity index (χ4v) is 3.22. The largest absolute Gasteiger partial charge is 0.490 e. The normalized spacial score (nSPS) is 14.3. The van der Waals surface area contributed by atoms with Crippen LogP contribution in [0, 0.1) is 21.4 Å². The predicted molar refractivity (Wildman–Crippen MR) is 108 cm³/mol. The molecule has 148 valence electrons. The standard InChI is InChI=1S/C21H20N4O4/c1-29-20-8-7-16(14-19(20)25(27)28)13-17(15-22)21(26)24-11-9-23(10-12-24)18-5-3-2-4-6-18/h2-8,13-14H,9-12H2,1H3/b17-13-. The second kappa shape index (κ2) is 8.89. The molecule has 0 atom stereocenters. The number of ether oxygens (including phenoxy) is 1. The summed E-state index contributed by atoms with van der Waals surface area (Å²) in [5, 5.41) is 20.6. The van der Waals surface area contributed by atoms with Crippen molar-refractivity contribution in [1.29, 1.82) is 5.26 Å². The van der Waals surface area contributed by atoms with Gasteiger partial charge in [0.2, 0.25) is 0 Å². The molecule has 0 spiro atoms. The van der Waals surface area contributed by atoms with Gasteiger partial charge in [0, 0.05) is 37.9 Å². The highest BCUT2D eigenvalue weighted by molar-refractivity contribution is 6.01. The maximum atomic E-state index is 12.8. The number of hydrogen-bond donors (Lipinski definition) is 0. The molecule has 8 heteroatoms. The van der Waals surface area contributed by atoms with Crippen molar-refractivity contribution in [3.05, 3.63) is 69.8 Å². The molecule has 1 amide bonds. The van der Waals surface area contributed by atoms with Gasteiger partial charge in [-0.15, -0.1) is 0 Å². The Kier molecular flexibility index (Phi) is 6.09. The molecule has 29 heavy (non-hydrogen) atoms. The van der Waals surface area contributed by atoms with Gasteiger partial charge < -0.3 is 14.5 Å². The number of carbonyl (C=O) groups is 1. The molecule has 1 aliphatic heterocycles. The highest BCUT2D eigenvalue weighted by Crippen LogP contribution is 2.28. The minimum absolute atomic E-state index is 0.0578. The summed E-state index contributed by atoms with van der Waals surface area (Å²) in [6.45, 7) is 2.33. The Morgan fingerprint density at radius 3 is 2.45 bits per heavy atom. The summed E-state index contributed by atoms with van der Waals surface area (Å²) in [4.78, 5) is 27.2. The molecule has 1 heterocycles. The van der Waals surface area contributed by atoms with Crippen molar-refractivity contribution in [3.8, 4) is 11.8 Å². The fourth-order valence-electron chi connectivity index (χ4n) is 3.22. The second-order valence-electron chi connectivity index (χ2n) is 6.47. The molecule has 1 aliphatic rings. The molecule has 2 aromatic rings. The zero-order valence-corrected chi connectivity index (χ0v) is 15.9. The molecule has 1 saturated heterocycles. The van der Waals surface area contributed by atoms with Crippen molar-refractivity contribution in [3.63, 3.8) is 0 Å². The van der Waals surface area contributed by atoms with Gasteiger partial charge in [0.05, 0.1) is 12.0 Å². The quantitative estimate of drug-likeness (QED) is 0.336. The van der Waals surface area contributed by atoms with Gasteiger partial charge in [-0.05, 0) is 29.8 Å². The molecule has 0 bridgehead atoms. The lowest BCUT2D eigenvalue weighted by Gasteiger charge is -2.36. The van der Waals surface area contributed by atoms with E-state index in [0.717, 1.165) is 5.69 Å². The first-order valence-electron chi connectivity index (χ1n) is 9.07. The van der Waals surface area contributed by atoms with Crippen molar-refractivity contribution >= 4 is 23.4 Å². The average molecular weight is 392 g/mol. The van der Waals surface area contributed by atoms with Crippen LogP contribution in [0.5, 0.6) is 5.75 Å². The summed E-state index contributed by atoms with van der Waals surface area (Å²) in [5.41, 5.74) is 1.21. The first kappa shape index (κ1) is 19.9. The van der Waals surface area contributed by atoms with Gasteiger partial charge in [0.15, 0.2) is 5.75 Å². The van der Waals surface area contributed by atoms with Gasteiger partial charge in [-0.2, -0.15) is 5.26 Å². The fraction of sp³-hybridized carbons (Fsp3) is 0.238. The van der Waals surface area contributed by atoms with Gasteiger partial charge >= 0.3 is 5.69 Å². The van der Waals surface area contributed by atoms with Gasteiger partial charge in [-0.3, -0.25) is 14.9 Å². The molecular weight excluding hydrogens is 372 g/mol. The molecule has 8 nitrogen and oxygen atoms in total. The number of anilines is 1. The topological polar surface area (TPSA) is 99.7 Å². The summed E-state index contributed by atoms with van der Waals surface area (Å²) in [7, 11) is 1.34. The van der Waals surface area contributed by atoms with E-state index in [1.165, 1.54) is 25.3 Å². The number of methoxy groups -OCH3 is 1.